The van der Waals surface area contributed by atoms with Crippen molar-refractivity contribution >= 4 is 34.3 Å². The predicted octanol–water partition coefficient (Wildman–Crippen LogP) is 5.67. The molecule has 1 N–H and O–H groups in total. The molecule has 7 nitrogen and oxygen atoms in total. The molecule has 0 bridgehead atoms. The first kappa shape index (κ1) is 19.4. The van der Waals surface area contributed by atoms with Crippen LogP contribution in [0.25, 0.3) is 10.9 Å². The van der Waals surface area contributed by atoms with E-state index in [1.54, 1.807) is 4.90 Å². The Balaban J connectivity index is 1.65. The van der Waals surface area contributed by atoms with Crippen LogP contribution in [0, 0.1) is 10.1 Å². The molecule has 31 heavy (non-hydrogen) atoms. The van der Waals surface area contributed by atoms with Crippen LogP contribution in [0.1, 0.15) is 46.3 Å². The fourth-order valence-electron chi connectivity index (χ4n) is 4.44. The van der Waals surface area contributed by atoms with Crippen molar-refractivity contribution in [1.29, 1.82) is 0 Å². The number of nitro groups is 1. The maximum Gasteiger partial charge on any atom is 0.433 e. The van der Waals surface area contributed by atoms with Crippen molar-refractivity contribution in [2.24, 2.45) is 0 Å². The molecule has 0 spiro atoms. The molecule has 2 atom stereocenters. The summed E-state index contributed by atoms with van der Waals surface area (Å²) in [6, 6.07) is 17.9. The molecule has 4 aromatic rings. The highest BCUT2D eigenvalue weighted by Crippen LogP contribution is 2.45. The normalized spacial score (nSPS) is 18.2. The van der Waals surface area contributed by atoms with Gasteiger partial charge in [0, 0.05) is 34.1 Å². The van der Waals surface area contributed by atoms with E-state index in [4.69, 9.17) is 16.0 Å². The average molecular weight is 436 g/mol. The molecule has 0 radical (unpaired) electrons. The monoisotopic (exact) mass is 435 g/mol. The van der Waals surface area contributed by atoms with Crippen molar-refractivity contribution in [3.63, 3.8) is 0 Å². The van der Waals surface area contributed by atoms with Gasteiger partial charge in [-0.05, 0) is 36.2 Å². The number of rotatable bonds is 3. The number of nitrogens with zero attached hydrogens (tertiary/aromatic N) is 2. The number of benzene rings is 2. The van der Waals surface area contributed by atoms with Crippen molar-refractivity contribution < 1.29 is 14.1 Å². The molecule has 2 aromatic heterocycles. The number of hydrogen-bond donors (Lipinski definition) is 1. The highest BCUT2D eigenvalue weighted by molar-refractivity contribution is 6.31. The van der Waals surface area contributed by atoms with E-state index >= 15 is 0 Å². The van der Waals surface area contributed by atoms with E-state index in [9.17, 15) is 14.9 Å². The number of furan rings is 1. The van der Waals surface area contributed by atoms with E-state index in [0.29, 0.717) is 11.6 Å². The largest absolute Gasteiger partial charge is 0.433 e. The van der Waals surface area contributed by atoms with Gasteiger partial charge in [-0.15, -0.1) is 0 Å². The zero-order chi connectivity index (χ0) is 21.7. The molecule has 2 unspecified atom stereocenters. The number of para-hydroxylation sites is 1. The van der Waals surface area contributed by atoms with Crippen LogP contribution in [0.15, 0.2) is 65.1 Å². The molecule has 0 saturated carbocycles. The predicted molar refractivity (Wildman–Crippen MR) is 116 cm³/mol. The number of amides is 1. The molecule has 1 aliphatic rings. The zero-order valence-electron chi connectivity index (χ0n) is 16.5. The maximum absolute atomic E-state index is 13.3. The number of halogens is 1. The first-order valence-electron chi connectivity index (χ1n) is 9.86. The Bertz CT molecular complexity index is 1330. The third kappa shape index (κ3) is 3.09. The summed E-state index contributed by atoms with van der Waals surface area (Å²) in [5.74, 6) is -1.08. The number of aromatic nitrogens is 1. The van der Waals surface area contributed by atoms with E-state index in [1.807, 2.05) is 49.4 Å². The van der Waals surface area contributed by atoms with Gasteiger partial charge >= 0.3 is 5.88 Å². The van der Waals surface area contributed by atoms with Crippen LogP contribution in [-0.4, -0.2) is 27.3 Å². The Morgan fingerprint density at radius 2 is 1.90 bits per heavy atom. The molecule has 3 heterocycles. The molecular weight excluding hydrogens is 418 g/mol. The lowest BCUT2D eigenvalue weighted by molar-refractivity contribution is -0.402. The summed E-state index contributed by atoms with van der Waals surface area (Å²) in [4.78, 5) is 28.8. The molecule has 0 aliphatic carbocycles. The molecule has 8 heteroatoms. The summed E-state index contributed by atoms with van der Waals surface area (Å²) in [7, 11) is 0. The Morgan fingerprint density at radius 3 is 2.65 bits per heavy atom. The second-order valence-electron chi connectivity index (χ2n) is 7.60. The van der Waals surface area contributed by atoms with Crippen LogP contribution in [0.4, 0.5) is 5.88 Å². The highest BCUT2D eigenvalue weighted by Gasteiger charge is 2.39. The van der Waals surface area contributed by atoms with E-state index in [-0.39, 0.29) is 17.7 Å². The third-order valence-electron chi connectivity index (χ3n) is 5.91. The molecule has 0 saturated heterocycles. The number of nitrogens with one attached hydrogen (secondary N) is 1. The summed E-state index contributed by atoms with van der Waals surface area (Å²) in [6.45, 7) is 2.30. The molecule has 5 rings (SSSR count). The number of fused-ring (bicyclic) bond motifs is 3. The van der Waals surface area contributed by atoms with Crippen molar-refractivity contribution in [2.75, 3.05) is 6.54 Å². The van der Waals surface area contributed by atoms with Crippen LogP contribution in [0.3, 0.4) is 0 Å². The smallest absolute Gasteiger partial charge is 0.395 e. The average Bonchev–Trinajstić information content (AvgIpc) is 3.40. The van der Waals surface area contributed by atoms with Gasteiger partial charge in [0.05, 0.1) is 12.1 Å². The van der Waals surface area contributed by atoms with Gasteiger partial charge in [0.15, 0.2) is 5.76 Å². The molecule has 156 valence electrons. The quantitative estimate of drug-likeness (QED) is 0.331. The molecule has 1 amide bonds. The SMILES string of the molecule is CC1c2[nH]c3ccccc3c2C(c2ccccc2Cl)CN1C(=O)c1ccc([N+](=O)[O-])o1. The topological polar surface area (TPSA) is 92.4 Å². The van der Waals surface area contributed by atoms with E-state index in [1.165, 1.54) is 12.1 Å². The van der Waals surface area contributed by atoms with Crippen LogP contribution in [0.5, 0.6) is 0 Å². The zero-order valence-corrected chi connectivity index (χ0v) is 17.3. The van der Waals surface area contributed by atoms with Gasteiger partial charge in [-0.1, -0.05) is 48.0 Å². The lowest BCUT2D eigenvalue weighted by atomic mass is 9.83. The fraction of sp³-hybridized carbons (Fsp3) is 0.174. The fourth-order valence-corrected chi connectivity index (χ4v) is 4.71. The van der Waals surface area contributed by atoms with E-state index in [2.05, 4.69) is 11.1 Å². The minimum atomic E-state index is -0.654. The van der Waals surface area contributed by atoms with Crippen LogP contribution >= 0.6 is 11.6 Å². The minimum Gasteiger partial charge on any atom is -0.395 e. The van der Waals surface area contributed by atoms with Crippen molar-refractivity contribution in [2.45, 2.75) is 18.9 Å². The maximum atomic E-state index is 13.3. The molecule has 0 fully saturated rings. The highest BCUT2D eigenvalue weighted by atomic mass is 35.5. The van der Waals surface area contributed by atoms with Gasteiger partial charge in [0.2, 0.25) is 0 Å². The Morgan fingerprint density at radius 1 is 1.16 bits per heavy atom. The number of H-pyrrole nitrogens is 1. The summed E-state index contributed by atoms with van der Waals surface area (Å²) >= 11 is 6.55. The first-order chi connectivity index (χ1) is 15.0. The van der Waals surface area contributed by atoms with Crippen molar-refractivity contribution in [3.05, 3.63) is 98.4 Å². The van der Waals surface area contributed by atoms with Crippen LogP contribution < -0.4 is 0 Å². The Kier molecular flexibility index (Phi) is 4.55. The van der Waals surface area contributed by atoms with Gasteiger partial charge in [0.25, 0.3) is 5.91 Å². The summed E-state index contributed by atoms with van der Waals surface area (Å²) in [5.41, 5.74) is 3.95. The van der Waals surface area contributed by atoms with E-state index in [0.717, 1.165) is 27.7 Å². The summed E-state index contributed by atoms with van der Waals surface area (Å²) in [6.07, 6.45) is 0. The van der Waals surface area contributed by atoms with Gasteiger partial charge < -0.3 is 14.3 Å². The standard InChI is InChI=1S/C23H18ClN3O4/c1-13-22-21(15-7-3-5-9-18(15)25-22)16(14-6-2-4-8-17(14)24)12-26(13)23(28)19-10-11-20(31-19)27(29)30/h2-11,13,16,25H,12H2,1H3. The van der Waals surface area contributed by atoms with Crippen molar-refractivity contribution in [3.8, 4) is 0 Å². The Labute approximate surface area is 182 Å². The lowest BCUT2D eigenvalue weighted by Crippen LogP contribution is -2.41. The summed E-state index contributed by atoms with van der Waals surface area (Å²) < 4.78 is 5.19. The third-order valence-corrected chi connectivity index (χ3v) is 6.26. The van der Waals surface area contributed by atoms with Crippen LogP contribution in [0.2, 0.25) is 5.02 Å². The second kappa shape index (κ2) is 7.28. The molecular formula is C23H18ClN3O4. The van der Waals surface area contributed by atoms with Gasteiger partial charge in [0.1, 0.15) is 4.92 Å². The van der Waals surface area contributed by atoms with Gasteiger partial charge in [-0.25, -0.2) is 0 Å². The lowest BCUT2D eigenvalue weighted by Gasteiger charge is -2.38. The van der Waals surface area contributed by atoms with Gasteiger partial charge in [-0.3, -0.25) is 14.9 Å². The number of hydrogen-bond acceptors (Lipinski definition) is 4. The minimum absolute atomic E-state index is 0.0592. The number of carbonyl (C=O) groups is 1. The first-order valence-corrected chi connectivity index (χ1v) is 10.2. The number of aromatic amines is 1. The number of carbonyl (C=O) groups excluding carboxylic acids is 1. The Hall–Kier alpha value is -3.58. The molecule has 1 aliphatic heterocycles. The summed E-state index contributed by atoms with van der Waals surface area (Å²) in [5, 5.41) is 12.7. The van der Waals surface area contributed by atoms with Crippen molar-refractivity contribution in [1.82, 2.24) is 9.88 Å². The van der Waals surface area contributed by atoms with Gasteiger partial charge in [-0.2, -0.15) is 0 Å². The molecule has 2 aromatic carbocycles. The van der Waals surface area contributed by atoms with E-state index < -0.39 is 16.7 Å². The second-order valence-corrected chi connectivity index (χ2v) is 8.01. The van der Waals surface area contributed by atoms with Crippen LogP contribution in [-0.2, 0) is 0 Å².